The number of nitrogens with two attached hydrogens (primary N) is 1. The highest BCUT2D eigenvalue weighted by molar-refractivity contribution is 5.74. The molecule has 0 spiro atoms. The van der Waals surface area contributed by atoms with Crippen LogP contribution in [-0.2, 0) is 6.54 Å². The minimum Gasteiger partial charge on any atom is -0.370 e. The molecule has 106 valence electrons. The predicted molar refractivity (Wildman–Crippen MR) is 67.7 cm³/mol. The molecule has 0 bridgehead atoms. The van der Waals surface area contributed by atoms with E-state index in [1.807, 2.05) is 6.07 Å². The quantitative estimate of drug-likeness (QED) is 0.470. The fourth-order valence-electron chi connectivity index (χ4n) is 1.57. The third-order valence-corrected chi connectivity index (χ3v) is 2.54. The predicted octanol–water partition coefficient (Wildman–Crippen LogP) is 1.58. The lowest BCUT2D eigenvalue weighted by Crippen LogP contribution is -2.44. The molecule has 19 heavy (non-hydrogen) atoms. The van der Waals surface area contributed by atoms with Gasteiger partial charge in [0.05, 0.1) is 0 Å². The smallest absolute Gasteiger partial charge is 0.370 e. The highest BCUT2D eigenvalue weighted by Gasteiger charge is 2.38. The van der Waals surface area contributed by atoms with Gasteiger partial charge in [-0.25, -0.2) is 0 Å². The summed E-state index contributed by atoms with van der Waals surface area (Å²) in [6.07, 6.45) is -4.51. The zero-order valence-corrected chi connectivity index (χ0v) is 10.3. The van der Waals surface area contributed by atoms with Crippen molar-refractivity contribution in [3.63, 3.8) is 0 Å². The van der Waals surface area contributed by atoms with Gasteiger partial charge in [0.1, 0.15) is 6.04 Å². The highest BCUT2D eigenvalue weighted by Crippen LogP contribution is 2.22. The number of guanidine groups is 1. The van der Waals surface area contributed by atoms with Crippen LogP contribution in [0.3, 0.4) is 0 Å². The monoisotopic (exact) mass is 274 g/mol. The summed E-state index contributed by atoms with van der Waals surface area (Å²) in [5.74, 6) is -0.330. The molecule has 0 saturated carbocycles. The Labute approximate surface area is 109 Å². The topological polar surface area (TPSA) is 73.9 Å². The van der Waals surface area contributed by atoms with Gasteiger partial charge >= 0.3 is 6.18 Å². The number of hydrogen-bond acceptors (Lipinski definition) is 2. The van der Waals surface area contributed by atoms with Crippen LogP contribution >= 0.6 is 0 Å². The molecule has 4 nitrogen and oxygen atoms in total. The summed E-state index contributed by atoms with van der Waals surface area (Å²) in [4.78, 5) is 0. The van der Waals surface area contributed by atoms with E-state index in [0.29, 0.717) is 0 Å². The zero-order valence-electron chi connectivity index (χ0n) is 10.3. The van der Waals surface area contributed by atoms with Crippen LogP contribution in [0.25, 0.3) is 0 Å². The first kappa shape index (κ1) is 15.3. The number of rotatable bonds is 6. The Morgan fingerprint density at radius 3 is 2.42 bits per heavy atom. The Hall–Kier alpha value is -1.76. The Morgan fingerprint density at radius 1 is 1.26 bits per heavy atom. The van der Waals surface area contributed by atoms with E-state index in [9.17, 15) is 13.2 Å². The Kier molecular flexibility index (Phi) is 5.62. The molecule has 0 aliphatic rings. The second-order valence-corrected chi connectivity index (χ2v) is 4.09. The molecule has 1 rings (SSSR count). The molecule has 7 heteroatoms. The van der Waals surface area contributed by atoms with Crippen molar-refractivity contribution >= 4 is 5.96 Å². The largest absolute Gasteiger partial charge is 0.403 e. The molecule has 1 atom stereocenters. The summed E-state index contributed by atoms with van der Waals surface area (Å²) < 4.78 is 38.3. The van der Waals surface area contributed by atoms with Crippen molar-refractivity contribution in [2.45, 2.75) is 25.2 Å². The van der Waals surface area contributed by atoms with Gasteiger partial charge in [-0.1, -0.05) is 30.3 Å². The number of nitrogens with one attached hydrogen (secondary N) is 3. The van der Waals surface area contributed by atoms with Crippen LogP contribution in [0.15, 0.2) is 30.3 Å². The summed E-state index contributed by atoms with van der Waals surface area (Å²) in [6, 6.07) is 7.25. The van der Waals surface area contributed by atoms with E-state index < -0.39 is 12.2 Å². The third-order valence-electron chi connectivity index (χ3n) is 2.54. The molecule has 1 aromatic carbocycles. The Morgan fingerprint density at radius 2 is 1.89 bits per heavy atom. The Balaban J connectivity index is 2.48. The van der Waals surface area contributed by atoms with Gasteiger partial charge < -0.3 is 16.4 Å². The lowest BCUT2D eigenvalue weighted by Gasteiger charge is -2.22. The van der Waals surface area contributed by atoms with Gasteiger partial charge in [-0.05, 0) is 12.0 Å². The van der Waals surface area contributed by atoms with Crippen molar-refractivity contribution in [3.05, 3.63) is 35.9 Å². The third kappa shape index (κ3) is 6.10. The van der Waals surface area contributed by atoms with Crippen LogP contribution in [0.4, 0.5) is 13.2 Å². The van der Waals surface area contributed by atoms with Gasteiger partial charge in [-0.15, -0.1) is 0 Å². The van der Waals surface area contributed by atoms with Crippen molar-refractivity contribution in [1.29, 1.82) is 5.41 Å². The number of halogens is 3. The summed E-state index contributed by atoms with van der Waals surface area (Å²) in [7, 11) is 0. The van der Waals surface area contributed by atoms with Gasteiger partial charge in [0.15, 0.2) is 5.96 Å². The number of hydrogen-bond donors (Lipinski definition) is 4. The standard InChI is InChI=1S/C12H17F3N4/c13-12(14,15)10(6-7-18-11(16)17)19-8-9-4-2-1-3-5-9/h1-5,10,19H,6-8H2,(H4,16,17,18). The van der Waals surface area contributed by atoms with Crippen LogP contribution in [-0.4, -0.2) is 24.7 Å². The maximum absolute atomic E-state index is 12.8. The van der Waals surface area contributed by atoms with Crippen molar-refractivity contribution in [2.75, 3.05) is 6.54 Å². The van der Waals surface area contributed by atoms with Crippen molar-refractivity contribution in [2.24, 2.45) is 5.73 Å². The van der Waals surface area contributed by atoms with Crippen molar-refractivity contribution in [3.8, 4) is 0 Å². The molecule has 0 heterocycles. The van der Waals surface area contributed by atoms with E-state index in [2.05, 4.69) is 10.6 Å². The van der Waals surface area contributed by atoms with Crippen molar-refractivity contribution < 1.29 is 13.2 Å². The van der Waals surface area contributed by atoms with Crippen LogP contribution in [0, 0.1) is 5.41 Å². The maximum Gasteiger partial charge on any atom is 0.403 e. The first-order valence-corrected chi connectivity index (χ1v) is 5.81. The van der Waals surface area contributed by atoms with Crippen LogP contribution in [0.1, 0.15) is 12.0 Å². The van der Waals surface area contributed by atoms with E-state index in [-0.39, 0.29) is 25.5 Å². The van der Waals surface area contributed by atoms with Crippen molar-refractivity contribution in [1.82, 2.24) is 10.6 Å². The molecule has 1 aromatic rings. The molecular formula is C12H17F3N4. The molecule has 0 aromatic heterocycles. The molecule has 0 radical (unpaired) electrons. The average molecular weight is 274 g/mol. The van der Waals surface area contributed by atoms with Crippen LogP contribution in [0.5, 0.6) is 0 Å². The van der Waals surface area contributed by atoms with Crippen LogP contribution < -0.4 is 16.4 Å². The number of benzene rings is 1. The summed E-state index contributed by atoms with van der Waals surface area (Å²) >= 11 is 0. The second kappa shape index (κ2) is 6.98. The summed E-state index contributed by atoms with van der Waals surface area (Å²) in [5, 5.41) is 11.7. The van der Waals surface area contributed by atoms with Gasteiger partial charge in [0, 0.05) is 13.1 Å². The first-order chi connectivity index (χ1) is 8.89. The summed E-state index contributed by atoms with van der Waals surface area (Å²) in [6.45, 7) is 0.145. The lowest BCUT2D eigenvalue weighted by molar-refractivity contribution is -0.157. The molecule has 1 unspecified atom stereocenters. The minimum atomic E-state index is -4.33. The van der Waals surface area contributed by atoms with E-state index in [0.717, 1.165) is 5.56 Å². The molecular weight excluding hydrogens is 257 g/mol. The first-order valence-electron chi connectivity index (χ1n) is 5.81. The fourth-order valence-corrected chi connectivity index (χ4v) is 1.57. The van der Waals surface area contributed by atoms with E-state index in [4.69, 9.17) is 11.1 Å². The van der Waals surface area contributed by atoms with Gasteiger partial charge in [0.25, 0.3) is 0 Å². The average Bonchev–Trinajstić information content (AvgIpc) is 2.33. The maximum atomic E-state index is 12.8. The fraction of sp³-hybridized carbons (Fsp3) is 0.417. The summed E-state index contributed by atoms with van der Waals surface area (Å²) in [5.41, 5.74) is 5.81. The van der Waals surface area contributed by atoms with E-state index in [1.165, 1.54) is 0 Å². The van der Waals surface area contributed by atoms with Crippen LogP contribution in [0.2, 0.25) is 0 Å². The molecule has 0 aliphatic carbocycles. The molecule has 0 amide bonds. The molecule has 5 N–H and O–H groups in total. The van der Waals surface area contributed by atoms with E-state index in [1.54, 1.807) is 24.3 Å². The molecule has 0 fully saturated rings. The van der Waals surface area contributed by atoms with Gasteiger partial charge in [-0.2, -0.15) is 13.2 Å². The Bertz CT molecular complexity index is 392. The van der Waals surface area contributed by atoms with Gasteiger partial charge in [-0.3, -0.25) is 5.41 Å². The SMILES string of the molecule is N=C(N)NCCC(NCc1ccccc1)C(F)(F)F. The normalized spacial score (nSPS) is 13.0. The highest BCUT2D eigenvalue weighted by atomic mass is 19.4. The lowest BCUT2D eigenvalue weighted by atomic mass is 10.1. The minimum absolute atomic E-state index is 0.00129. The second-order valence-electron chi connectivity index (χ2n) is 4.09. The number of alkyl halides is 3. The van der Waals surface area contributed by atoms with E-state index >= 15 is 0 Å². The molecule has 0 saturated heterocycles. The van der Waals surface area contributed by atoms with Gasteiger partial charge in [0.2, 0.25) is 0 Å². The molecule has 0 aliphatic heterocycles. The zero-order chi connectivity index (χ0) is 14.3.